The molecule has 0 aromatic heterocycles. The molecule has 1 saturated carbocycles. The second kappa shape index (κ2) is 12.0. The molecule has 1 fully saturated rings. The van der Waals surface area contributed by atoms with Gasteiger partial charge in [-0.3, -0.25) is 0 Å². The van der Waals surface area contributed by atoms with E-state index in [0.717, 1.165) is 0 Å². The van der Waals surface area contributed by atoms with E-state index in [9.17, 15) is 0 Å². The Labute approximate surface area is 253 Å². The number of benzene rings is 4. The van der Waals surface area contributed by atoms with Crippen molar-refractivity contribution in [3.8, 4) is 22.3 Å². The third-order valence-corrected chi connectivity index (χ3v) is 8.48. The Kier molecular flexibility index (Phi) is 8.92. The molecule has 0 aliphatic heterocycles. The predicted octanol–water partition coefficient (Wildman–Crippen LogP) is 10.9. The molecule has 0 unspecified atom stereocenters. The van der Waals surface area contributed by atoms with Gasteiger partial charge in [-0.1, -0.05) is 103 Å². The summed E-state index contributed by atoms with van der Waals surface area (Å²) in [5, 5.41) is 5.48. The molecule has 0 bridgehead atoms. The second-order valence-electron chi connectivity index (χ2n) is 10.5. The van der Waals surface area contributed by atoms with Crippen LogP contribution in [0.2, 0.25) is 0 Å². The Morgan fingerprint density at radius 1 is 0.487 bits per heavy atom. The van der Waals surface area contributed by atoms with Crippen molar-refractivity contribution >= 4 is 21.5 Å². The zero-order valence-corrected chi connectivity index (χ0v) is 26.7. The molecule has 0 atom stereocenters. The van der Waals surface area contributed by atoms with Gasteiger partial charge in [-0.25, -0.2) is 0 Å². The van der Waals surface area contributed by atoms with E-state index in [0.29, 0.717) is 0 Å². The maximum atomic E-state index is 2.51. The monoisotopic (exact) mass is 672 g/mol. The zero-order valence-electron chi connectivity index (χ0n) is 23.1. The summed E-state index contributed by atoms with van der Waals surface area (Å²) in [5.41, 5.74) is 8.34. The van der Waals surface area contributed by atoms with E-state index in [2.05, 4.69) is 121 Å². The van der Waals surface area contributed by atoms with E-state index in [1.807, 2.05) is 0 Å². The largest absolute Gasteiger partial charge is 4.00 e. The molecule has 39 heavy (non-hydrogen) atoms. The van der Waals surface area contributed by atoms with Gasteiger partial charge in [0.1, 0.15) is 0 Å². The van der Waals surface area contributed by atoms with Crippen LogP contribution in [0.3, 0.4) is 0 Å². The fourth-order valence-corrected chi connectivity index (χ4v) is 6.66. The molecule has 0 N–H and O–H groups in total. The van der Waals surface area contributed by atoms with Crippen molar-refractivity contribution in [3.05, 3.63) is 147 Å². The van der Waals surface area contributed by atoms with Gasteiger partial charge in [-0.2, -0.15) is 12.1 Å². The van der Waals surface area contributed by atoms with Gasteiger partial charge in [-0.15, -0.1) is 69.1 Å². The van der Waals surface area contributed by atoms with Crippen LogP contribution in [-0.2, 0) is 31.3 Å². The number of fused-ring (bicyclic) bond motifs is 2. The molecule has 1 aliphatic carbocycles. The van der Waals surface area contributed by atoms with Crippen molar-refractivity contribution in [2.75, 3.05) is 0 Å². The third-order valence-electron chi connectivity index (χ3n) is 8.48. The first kappa shape index (κ1) is 29.0. The summed E-state index contributed by atoms with van der Waals surface area (Å²) in [4.78, 5) is 0. The van der Waals surface area contributed by atoms with Crippen LogP contribution in [0.4, 0.5) is 0 Å². The smallest absolute Gasteiger partial charge is 0.358 e. The minimum absolute atomic E-state index is 0. The Morgan fingerprint density at radius 3 is 1.36 bits per heavy atom. The van der Waals surface area contributed by atoms with Crippen LogP contribution in [-0.4, -0.2) is 0 Å². The van der Waals surface area contributed by atoms with E-state index < -0.39 is 0 Å². The molecule has 7 rings (SSSR count). The SMILES string of the molecule is [CH3-].[CH3-].[Hf+4].c1ccc(-c2cccc3[cH-]c(C4(c5cc6c(-c7ccccc7)cccc6[cH-]5)CCCCC4)cc23)cc1. The molecule has 1 heteroatoms. The minimum atomic E-state index is 0. The Hall–Kier alpha value is -3.03. The van der Waals surface area contributed by atoms with Crippen LogP contribution in [0, 0.1) is 14.9 Å². The van der Waals surface area contributed by atoms with Gasteiger partial charge >= 0.3 is 25.8 Å². The fourth-order valence-electron chi connectivity index (χ4n) is 6.66. The van der Waals surface area contributed by atoms with E-state index in [-0.39, 0.29) is 46.1 Å². The van der Waals surface area contributed by atoms with Gasteiger partial charge in [0.2, 0.25) is 0 Å². The summed E-state index contributed by atoms with van der Waals surface area (Å²) in [6.07, 6.45) is 6.37. The summed E-state index contributed by atoms with van der Waals surface area (Å²) in [6, 6.07) is 45.2. The van der Waals surface area contributed by atoms with E-state index in [1.54, 1.807) is 0 Å². The van der Waals surface area contributed by atoms with Crippen molar-refractivity contribution in [3.63, 3.8) is 0 Å². The zero-order chi connectivity index (χ0) is 24.0. The topological polar surface area (TPSA) is 0 Å². The van der Waals surface area contributed by atoms with Crippen LogP contribution in [0.25, 0.3) is 43.8 Å². The maximum absolute atomic E-state index is 2.51. The second-order valence-corrected chi connectivity index (χ2v) is 10.5. The van der Waals surface area contributed by atoms with Crippen LogP contribution in [0.1, 0.15) is 43.2 Å². The minimum Gasteiger partial charge on any atom is -0.358 e. The van der Waals surface area contributed by atoms with Crippen LogP contribution < -0.4 is 0 Å². The molecule has 0 heterocycles. The number of rotatable bonds is 4. The average molecular weight is 671 g/mol. The molecule has 192 valence electrons. The van der Waals surface area contributed by atoms with Gasteiger partial charge < -0.3 is 14.9 Å². The fraction of sp³-hybridized carbons (Fsp3) is 0.158. The molecule has 6 aromatic rings. The van der Waals surface area contributed by atoms with Gasteiger partial charge in [0.25, 0.3) is 0 Å². The summed E-state index contributed by atoms with van der Waals surface area (Å²) in [7, 11) is 0. The summed E-state index contributed by atoms with van der Waals surface area (Å²) in [6.45, 7) is 0. The standard InChI is InChI=1S/C36H30.2CH3.Hf/c1-4-12-26(13-5-1)32-18-10-16-28-22-30(24-34(28)32)36(20-8-3-9-21-36)31-23-29-17-11-19-33(35(29)25-31)27-14-6-2-7-15-27;;;/h1-2,4-7,10-19,22-25H,3,8-9,20-21H2;2*1H3;/q-2;2*-1;+4. The molecule has 0 spiro atoms. The molecule has 0 radical (unpaired) electrons. The Morgan fingerprint density at radius 2 is 0.923 bits per heavy atom. The van der Waals surface area contributed by atoms with E-state index in [1.165, 1.54) is 87.0 Å². The molecular formula is C38H36Hf. The van der Waals surface area contributed by atoms with Crippen molar-refractivity contribution in [2.45, 2.75) is 37.5 Å². The molecule has 1 aliphatic rings. The van der Waals surface area contributed by atoms with Crippen molar-refractivity contribution in [1.82, 2.24) is 0 Å². The summed E-state index contributed by atoms with van der Waals surface area (Å²) >= 11 is 0. The van der Waals surface area contributed by atoms with Crippen molar-refractivity contribution < 1.29 is 25.8 Å². The first-order valence-electron chi connectivity index (χ1n) is 13.3. The normalized spacial score (nSPS) is 14.3. The van der Waals surface area contributed by atoms with Crippen molar-refractivity contribution in [2.24, 2.45) is 0 Å². The van der Waals surface area contributed by atoms with Gasteiger partial charge in [0.05, 0.1) is 0 Å². The Balaban J connectivity index is 0.00000118. The number of hydrogen-bond acceptors (Lipinski definition) is 0. The first-order valence-corrected chi connectivity index (χ1v) is 13.3. The molecule has 0 amide bonds. The summed E-state index contributed by atoms with van der Waals surface area (Å²) < 4.78 is 0. The predicted molar refractivity (Wildman–Crippen MR) is 167 cm³/mol. The third kappa shape index (κ3) is 5.03. The molecule has 6 aromatic carbocycles. The van der Waals surface area contributed by atoms with Crippen LogP contribution in [0.5, 0.6) is 0 Å². The van der Waals surface area contributed by atoms with E-state index >= 15 is 0 Å². The molecule has 0 nitrogen and oxygen atoms in total. The average Bonchev–Trinajstić information content (AvgIpc) is 3.60. The van der Waals surface area contributed by atoms with E-state index in [4.69, 9.17) is 0 Å². The first-order chi connectivity index (χ1) is 17.8. The number of hydrogen-bond donors (Lipinski definition) is 0. The molecule has 0 saturated heterocycles. The molecular weight excluding hydrogens is 635 g/mol. The quantitative estimate of drug-likeness (QED) is 0.129. The van der Waals surface area contributed by atoms with Gasteiger partial charge in [0.15, 0.2) is 0 Å². The van der Waals surface area contributed by atoms with Crippen molar-refractivity contribution in [1.29, 1.82) is 0 Å². The van der Waals surface area contributed by atoms with Gasteiger partial charge in [-0.05, 0) is 29.4 Å². The van der Waals surface area contributed by atoms with Gasteiger partial charge in [0, 0.05) is 0 Å². The van der Waals surface area contributed by atoms with Crippen LogP contribution in [0.15, 0.2) is 121 Å². The Bertz CT molecular complexity index is 1520. The maximum Gasteiger partial charge on any atom is 4.00 e. The van der Waals surface area contributed by atoms with Crippen LogP contribution >= 0.6 is 0 Å². The summed E-state index contributed by atoms with van der Waals surface area (Å²) in [5.74, 6) is 0.